The van der Waals surface area contributed by atoms with Crippen LogP contribution in [0.5, 0.6) is 0 Å². The van der Waals surface area contributed by atoms with Gasteiger partial charge in [0.2, 0.25) is 0 Å². The van der Waals surface area contributed by atoms with Gasteiger partial charge in [0.1, 0.15) is 11.5 Å². The number of aryl methyl sites for hydroxylation is 2. The highest BCUT2D eigenvalue weighted by atomic mass is 32.1. The fraction of sp³-hybridized carbons (Fsp3) is 0.105. The molecule has 1 N–H and O–H groups in total. The molecule has 1 amide bonds. The summed E-state index contributed by atoms with van der Waals surface area (Å²) in [5.41, 5.74) is 5.68. The van der Waals surface area contributed by atoms with E-state index in [9.17, 15) is 4.79 Å². The summed E-state index contributed by atoms with van der Waals surface area (Å²) in [7, 11) is 0. The van der Waals surface area contributed by atoms with E-state index in [-0.39, 0.29) is 5.91 Å². The maximum Gasteiger partial charge on any atom is 0.274 e. The molecule has 0 spiro atoms. The Morgan fingerprint density at radius 3 is 2.85 bits per heavy atom. The number of thiazole rings is 1. The first-order valence-corrected chi connectivity index (χ1v) is 8.93. The summed E-state index contributed by atoms with van der Waals surface area (Å²) in [6.45, 7) is 3.56. The van der Waals surface area contributed by atoms with Crippen molar-refractivity contribution in [1.29, 1.82) is 0 Å². The molecule has 0 aliphatic rings. The predicted molar refractivity (Wildman–Crippen MR) is 102 cm³/mol. The van der Waals surface area contributed by atoms with Crippen molar-refractivity contribution >= 4 is 28.4 Å². The number of fused-ring (bicyclic) bond motifs is 1. The lowest BCUT2D eigenvalue weighted by molar-refractivity contribution is 0.0953. The van der Waals surface area contributed by atoms with Crippen LogP contribution in [0.1, 0.15) is 27.6 Å². The molecule has 4 rings (SSSR count). The third-order valence-corrected chi connectivity index (χ3v) is 4.74. The van der Waals surface area contributed by atoms with Crippen LogP contribution in [0.3, 0.4) is 0 Å². The van der Waals surface area contributed by atoms with Gasteiger partial charge < -0.3 is 4.42 Å². The van der Waals surface area contributed by atoms with Crippen molar-refractivity contribution in [2.75, 3.05) is 0 Å². The smallest absolute Gasteiger partial charge is 0.274 e. The van der Waals surface area contributed by atoms with Crippen LogP contribution < -0.4 is 5.43 Å². The Kier molecular flexibility index (Phi) is 4.14. The van der Waals surface area contributed by atoms with Crippen LogP contribution in [0.15, 0.2) is 57.5 Å². The molecule has 3 aromatic heterocycles. The Morgan fingerprint density at radius 2 is 2.12 bits per heavy atom. The van der Waals surface area contributed by atoms with Crippen LogP contribution in [0, 0.1) is 13.8 Å². The Morgan fingerprint density at radius 1 is 1.31 bits per heavy atom. The Hall–Kier alpha value is -3.19. The van der Waals surface area contributed by atoms with Crippen molar-refractivity contribution in [2.24, 2.45) is 5.10 Å². The van der Waals surface area contributed by atoms with Gasteiger partial charge in [0.15, 0.2) is 4.96 Å². The van der Waals surface area contributed by atoms with Crippen LogP contribution in [0.4, 0.5) is 0 Å². The standard InChI is InChI=1S/C19H16N4O2S/c1-12-10-15(13(2)25-12)18(24)22-20-11-16-17(14-6-4-3-5-7-14)21-19-23(16)8-9-26-19/h3-11H,1-2H3,(H,22,24)/b20-11+. The molecule has 0 radical (unpaired) electrons. The summed E-state index contributed by atoms with van der Waals surface area (Å²) in [4.78, 5) is 17.8. The normalized spacial score (nSPS) is 11.5. The van der Waals surface area contributed by atoms with Crippen LogP contribution in [0.25, 0.3) is 16.2 Å². The molecule has 0 saturated heterocycles. The van der Waals surface area contributed by atoms with E-state index in [1.165, 1.54) is 0 Å². The number of furan rings is 1. The molecule has 1 aromatic carbocycles. The van der Waals surface area contributed by atoms with Gasteiger partial charge >= 0.3 is 0 Å². The summed E-state index contributed by atoms with van der Waals surface area (Å²) in [6.07, 6.45) is 3.56. The van der Waals surface area contributed by atoms with Crippen molar-refractivity contribution in [3.63, 3.8) is 0 Å². The highest BCUT2D eigenvalue weighted by Crippen LogP contribution is 2.25. The summed E-state index contributed by atoms with van der Waals surface area (Å²) in [5, 5.41) is 6.10. The van der Waals surface area contributed by atoms with Gasteiger partial charge in [-0.25, -0.2) is 10.4 Å². The third kappa shape index (κ3) is 2.93. The van der Waals surface area contributed by atoms with Gasteiger partial charge in [-0.3, -0.25) is 9.20 Å². The van der Waals surface area contributed by atoms with E-state index in [2.05, 4.69) is 15.5 Å². The molecule has 4 aromatic rings. The second kappa shape index (κ2) is 6.61. The van der Waals surface area contributed by atoms with E-state index in [4.69, 9.17) is 4.42 Å². The Labute approximate surface area is 153 Å². The lowest BCUT2D eigenvalue weighted by Gasteiger charge is -2.00. The number of carbonyl (C=O) groups excluding carboxylic acids is 1. The number of nitrogens with zero attached hydrogens (tertiary/aromatic N) is 3. The highest BCUT2D eigenvalue weighted by Gasteiger charge is 2.15. The zero-order valence-corrected chi connectivity index (χ0v) is 15.1. The number of nitrogens with one attached hydrogen (secondary N) is 1. The summed E-state index contributed by atoms with van der Waals surface area (Å²) in [6, 6.07) is 11.6. The zero-order valence-electron chi connectivity index (χ0n) is 14.3. The molecular formula is C19H16N4O2S. The molecule has 6 nitrogen and oxygen atoms in total. The number of hydrogen-bond donors (Lipinski definition) is 1. The van der Waals surface area contributed by atoms with Gasteiger partial charge in [0.25, 0.3) is 5.91 Å². The molecule has 0 aliphatic heterocycles. The van der Waals surface area contributed by atoms with Crippen molar-refractivity contribution in [3.8, 4) is 11.3 Å². The molecule has 0 atom stereocenters. The number of amides is 1. The van der Waals surface area contributed by atoms with Crippen molar-refractivity contribution in [3.05, 3.63) is 70.8 Å². The van der Waals surface area contributed by atoms with Crippen LogP contribution >= 0.6 is 11.3 Å². The van der Waals surface area contributed by atoms with Gasteiger partial charge in [-0.2, -0.15) is 5.10 Å². The minimum absolute atomic E-state index is 0.303. The molecule has 0 fully saturated rings. The van der Waals surface area contributed by atoms with Crippen molar-refractivity contribution in [1.82, 2.24) is 14.8 Å². The molecule has 7 heteroatoms. The highest BCUT2D eigenvalue weighted by molar-refractivity contribution is 7.15. The molecule has 3 heterocycles. The molecular weight excluding hydrogens is 348 g/mol. The molecule has 130 valence electrons. The number of carbonyl (C=O) groups is 1. The first-order chi connectivity index (χ1) is 12.6. The second-order valence-corrected chi connectivity index (χ2v) is 6.67. The number of benzene rings is 1. The largest absolute Gasteiger partial charge is 0.466 e. The fourth-order valence-electron chi connectivity index (χ4n) is 2.80. The van der Waals surface area contributed by atoms with Gasteiger partial charge in [-0.1, -0.05) is 30.3 Å². The number of hydrogen-bond acceptors (Lipinski definition) is 5. The minimum atomic E-state index is -0.303. The van der Waals surface area contributed by atoms with Crippen molar-refractivity contribution in [2.45, 2.75) is 13.8 Å². The van der Waals surface area contributed by atoms with E-state index in [1.54, 1.807) is 37.5 Å². The maximum atomic E-state index is 12.3. The molecule has 0 aliphatic carbocycles. The van der Waals surface area contributed by atoms with Crippen molar-refractivity contribution < 1.29 is 9.21 Å². The van der Waals surface area contributed by atoms with Crippen LogP contribution in [-0.2, 0) is 0 Å². The summed E-state index contributed by atoms with van der Waals surface area (Å²) >= 11 is 1.55. The van der Waals surface area contributed by atoms with E-state index in [0.717, 1.165) is 21.9 Å². The van der Waals surface area contributed by atoms with E-state index in [1.807, 2.05) is 46.3 Å². The SMILES string of the molecule is Cc1cc(C(=O)N/N=C/c2c(-c3ccccc3)nc3sccn23)c(C)o1. The molecule has 0 unspecified atom stereocenters. The van der Waals surface area contributed by atoms with Gasteiger partial charge in [-0.15, -0.1) is 11.3 Å². The number of hydrazone groups is 1. The van der Waals surface area contributed by atoms with Gasteiger partial charge in [0, 0.05) is 17.1 Å². The summed E-state index contributed by atoms with van der Waals surface area (Å²) < 4.78 is 7.34. The fourth-order valence-corrected chi connectivity index (χ4v) is 3.52. The zero-order chi connectivity index (χ0) is 18.1. The molecule has 26 heavy (non-hydrogen) atoms. The van der Waals surface area contributed by atoms with Gasteiger partial charge in [0.05, 0.1) is 23.2 Å². The van der Waals surface area contributed by atoms with E-state index in [0.29, 0.717) is 17.1 Å². The van der Waals surface area contributed by atoms with E-state index < -0.39 is 0 Å². The van der Waals surface area contributed by atoms with E-state index >= 15 is 0 Å². The Balaban J connectivity index is 1.64. The first kappa shape index (κ1) is 16.3. The third-order valence-electron chi connectivity index (χ3n) is 3.98. The van der Waals surface area contributed by atoms with Crippen LogP contribution in [0.2, 0.25) is 0 Å². The maximum absolute atomic E-state index is 12.3. The number of aromatic nitrogens is 2. The average molecular weight is 364 g/mol. The predicted octanol–water partition coefficient (Wildman–Crippen LogP) is 4.04. The van der Waals surface area contributed by atoms with Gasteiger partial charge in [-0.05, 0) is 19.9 Å². The number of rotatable bonds is 4. The monoisotopic (exact) mass is 364 g/mol. The first-order valence-electron chi connectivity index (χ1n) is 8.05. The average Bonchev–Trinajstić information content (AvgIpc) is 3.31. The van der Waals surface area contributed by atoms with Crippen LogP contribution in [-0.4, -0.2) is 21.5 Å². The summed E-state index contributed by atoms with van der Waals surface area (Å²) in [5.74, 6) is 0.964. The quantitative estimate of drug-likeness (QED) is 0.439. The Bertz CT molecular complexity index is 1110. The minimum Gasteiger partial charge on any atom is -0.466 e. The second-order valence-electron chi connectivity index (χ2n) is 5.79. The lowest BCUT2D eigenvalue weighted by atomic mass is 10.1. The number of imidazole rings is 1. The molecule has 0 bridgehead atoms. The topological polar surface area (TPSA) is 71.9 Å². The molecule has 0 saturated carbocycles. The lowest BCUT2D eigenvalue weighted by Crippen LogP contribution is -2.18.